The average Bonchev–Trinajstić information content (AvgIpc) is 2.78. The highest BCUT2D eigenvalue weighted by atomic mass is 16.6. The van der Waals surface area contributed by atoms with Crippen LogP contribution in [-0.2, 0) is 4.79 Å². The molecule has 2 rings (SSSR count). The summed E-state index contributed by atoms with van der Waals surface area (Å²) in [6.07, 6.45) is 0.806. The molecule has 0 unspecified atom stereocenters. The van der Waals surface area contributed by atoms with E-state index in [1.165, 1.54) is 13.0 Å². The van der Waals surface area contributed by atoms with E-state index in [-0.39, 0.29) is 23.4 Å². The third kappa shape index (κ3) is 5.26. The molecule has 8 heteroatoms. The number of carbonyl (C=O) groups excluding carboxylic acids is 2. The number of anilines is 1. The van der Waals surface area contributed by atoms with Crippen LogP contribution in [0.1, 0.15) is 37.6 Å². The first-order valence-electron chi connectivity index (χ1n) is 8.84. The van der Waals surface area contributed by atoms with Crippen LogP contribution in [-0.4, -0.2) is 60.3 Å². The van der Waals surface area contributed by atoms with Crippen LogP contribution >= 0.6 is 0 Å². The third-order valence-electron chi connectivity index (χ3n) is 4.32. The highest BCUT2D eigenvalue weighted by Crippen LogP contribution is 2.30. The zero-order valence-corrected chi connectivity index (χ0v) is 15.5. The summed E-state index contributed by atoms with van der Waals surface area (Å²) >= 11 is 0. The Morgan fingerprint density at radius 3 is 2.58 bits per heavy atom. The van der Waals surface area contributed by atoms with Crippen LogP contribution in [0.5, 0.6) is 0 Å². The fourth-order valence-corrected chi connectivity index (χ4v) is 3.10. The van der Waals surface area contributed by atoms with Crippen molar-refractivity contribution in [1.29, 1.82) is 0 Å². The molecule has 1 aliphatic heterocycles. The van der Waals surface area contributed by atoms with Gasteiger partial charge in [0.25, 0.3) is 5.69 Å². The van der Waals surface area contributed by atoms with Crippen LogP contribution in [0.2, 0.25) is 0 Å². The van der Waals surface area contributed by atoms with Crippen LogP contribution in [0.4, 0.5) is 11.4 Å². The van der Waals surface area contributed by atoms with Gasteiger partial charge in [0.15, 0.2) is 5.78 Å². The van der Waals surface area contributed by atoms with Gasteiger partial charge in [0.1, 0.15) is 5.69 Å². The monoisotopic (exact) mass is 362 g/mol. The zero-order valence-electron chi connectivity index (χ0n) is 15.5. The summed E-state index contributed by atoms with van der Waals surface area (Å²) < 4.78 is 0. The van der Waals surface area contributed by atoms with Crippen molar-refractivity contribution < 1.29 is 14.5 Å². The molecule has 0 spiro atoms. The highest BCUT2D eigenvalue weighted by Gasteiger charge is 2.24. The fraction of sp³-hybridized carbons (Fsp3) is 0.556. The minimum atomic E-state index is -0.444. The van der Waals surface area contributed by atoms with Gasteiger partial charge in [0.2, 0.25) is 5.91 Å². The quantitative estimate of drug-likeness (QED) is 0.471. The summed E-state index contributed by atoms with van der Waals surface area (Å²) in [7, 11) is 0. The van der Waals surface area contributed by atoms with Crippen molar-refractivity contribution in [3.8, 4) is 0 Å². The van der Waals surface area contributed by atoms with E-state index in [1.54, 1.807) is 12.1 Å². The van der Waals surface area contributed by atoms with Crippen molar-refractivity contribution in [2.75, 3.05) is 37.6 Å². The van der Waals surface area contributed by atoms with E-state index >= 15 is 0 Å². The number of rotatable bonds is 6. The number of nitro benzene ring substituents is 1. The summed E-state index contributed by atoms with van der Waals surface area (Å²) in [5.41, 5.74) is 0.805. The number of hydrogen-bond donors (Lipinski definition) is 1. The first kappa shape index (κ1) is 19.8. The Morgan fingerprint density at radius 2 is 1.96 bits per heavy atom. The van der Waals surface area contributed by atoms with Gasteiger partial charge in [0.05, 0.1) is 11.5 Å². The van der Waals surface area contributed by atoms with E-state index in [2.05, 4.69) is 10.2 Å². The van der Waals surface area contributed by atoms with Gasteiger partial charge in [-0.3, -0.25) is 24.6 Å². The smallest absolute Gasteiger partial charge is 0.293 e. The van der Waals surface area contributed by atoms with Gasteiger partial charge in [0, 0.05) is 43.9 Å². The Balaban J connectivity index is 2.10. The van der Waals surface area contributed by atoms with Gasteiger partial charge in [-0.1, -0.05) is 0 Å². The molecular weight excluding hydrogens is 336 g/mol. The summed E-state index contributed by atoms with van der Waals surface area (Å²) in [6, 6.07) is 4.73. The number of carbonyl (C=O) groups is 2. The zero-order chi connectivity index (χ0) is 19.3. The maximum atomic E-state index is 11.9. The predicted octanol–water partition coefficient (Wildman–Crippen LogP) is 1.83. The number of nitrogens with one attached hydrogen (secondary N) is 1. The molecule has 0 atom stereocenters. The van der Waals surface area contributed by atoms with Crippen LogP contribution in [0.25, 0.3) is 0 Å². The van der Waals surface area contributed by atoms with E-state index in [9.17, 15) is 19.7 Å². The van der Waals surface area contributed by atoms with Crippen LogP contribution in [0.3, 0.4) is 0 Å². The molecule has 0 bridgehead atoms. The molecule has 1 fully saturated rings. The lowest BCUT2D eigenvalue weighted by Gasteiger charge is -2.23. The molecule has 1 aromatic carbocycles. The lowest BCUT2D eigenvalue weighted by molar-refractivity contribution is -0.384. The van der Waals surface area contributed by atoms with E-state index in [1.807, 2.05) is 18.7 Å². The fourth-order valence-electron chi connectivity index (χ4n) is 3.10. The summed E-state index contributed by atoms with van der Waals surface area (Å²) in [5.74, 6) is -0.205. The summed E-state index contributed by atoms with van der Waals surface area (Å²) in [4.78, 5) is 38.5. The highest BCUT2D eigenvalue weighted by molar-refractivity contribution is 5.95. The molecule has 0 aliphatic carbocycles. The number of amides is 1. The number of hydrogen-bond acceptors (Lipinski definition) is 6. The number of ketones is 1. The minimum absolute atomic E-state index is 0.00904. The topological polar surface area (TPSA) is 95.8 Å². The molecule has 0 aromatic heterocycles. The lowest BCUT2D eigenvalue weighted by Crippen LogP contribution is -2.41. The Bertz CT molecular complexity index is 690. The van der Waals surface area contributed by atoms with Crippen molar-refractivity contribution in [3.63, 3.8) is 0 Å². The molecule has 1 aromatic rings. The molecule has 142 valence electrons. The van der Waals surface area contributed by atoms with E-state index < -0.39 is 4.92 Å². The number of benzene rings is 1. The number of nitro groups is 1. The van der Waals surface area contributed by atoms with Gasteiger partial charge < -0.3 is 10.2 Å². The molecule has 1 amide bonds. The molecule has 1 heterocycles. The molecule has 0 radical (unpaired) electrons. The Labute approximate surface area is 153 Å². The second kappa shape index (κ2) is 8.75. The maximum absolute atomic E-state index is 11.9. The third-order valence-corrected chi connectivity index (χ3v) is 4.32. The van der Waals surface area contributed by atoms with Crippen LogP contribution in [0.15, 0.2) is 18.2 Å². The molecule has 0 saturated carbocycles. The molecule has 1 aliphatic rings. The number of nitrogens with zero attached hydrogens (tertiary/aromatic N) is 3. The van der Waals surface area contributed by atoms with Gasteiger partial charge in [-0.15, -0.1) is 0 Å². The Hall–Kier alpha value is -2.48. The first-order valence-corrected chi connectivity index (χ1v) is 8.84. The molecule has 1 N–H and O–H groups in total. The Morgan fingerprint density at radius 1 is 1.23 bits per heavy atom. The minimum Gasteiger partial charge on any atom is -0.365 e. The van der Waals surface area contributed by atoms with Gasteiger partial charge in [-0.05, 0) is 39.3 Å². The van der Waals surface area contributed by atoms with Crippen molar-refractivity contribution in [2.24, 2.45) is 0 Å². The van der Waals surface area contributed by atoms with E-state index in [0.717, 1.165) is 13.0 Å². The SMILES string of the molecule is CC(=O)c1ccc(N2CCCN(CC(=O)NC(C)C)CC2)c([N+](=O)[O-])c1. The summed E-state index contributed by atoms with van der Waals surface area (Å²) in [6.45, 7) is 8.25. The summed E-state index contributed by atoms with van der Waals surface area (Å²) in [5, 5.41) is 14.3. The van der Waals surface area contributed by atoms with Crippen LogP contribution in [0, 0.1) is 10.1 Å². The normalized spacial score (nSPS) is 15.6. The molecular formula is C18H26N4O4. The van der Waals surface area contributed by atoms with Crippen LogP contribution < -0.4 is 10.2 Å². The van der Waals surface area contributed by atoms with Crippen molar-refractivity contribution in [2.45, 2.75) is 33.2 Å². The average molecular weight is 362 g/mol. The lowest BCUT2D eigenvalue weighted by atomic mass is 10.1. The standard InChI is InChI=1S/C18H26N4O4/c1-13(2)19-18(24)12-20-7-4-8-21(10-9-20)16-6-5-15(14(3)23)11-17(16)22(25)26/h5-6,11,13H,4,7-10,12H2,1-3H3,(H,19,24). The van der Waals surface area contributed by atoms with Crippen molar-refractivity contribution >= 4 is 23.1 Å². The first-order chi connectivity index (χ1) is 12.3. The van der Waals surface area contributed by atoms with Gasteiger partial charge in [-0.2, -0.15) is 0 Å². The predicted molar refractivity (Wildman–Crippen MR) is 99.6 cm³/mol. The van der Waals surface area contributed by atoms with Crippen molar-refractivity contribution in [1.82, 2.24) is 10.2 Å². The molecule has 26 heavy (non-hydrogen) atoms. The van der Waals surface area contributed by atoms with Crippen molar-refractivity contribution in [3.05, 3.63) is 33.9 Å². The second-order valence-electron chi connectivity index (χ2n) is 6.86. The van der Waals surface area contributed by atoms with E-state index in [4.69, 9.17) is 0 Å². The Kier molecular flexibility index (Phi) is 6.68. The van der Waals surface area contributed by atoms with Gasteiger partial charge >= 0.3 is 0 Å². The maximum Gasteiger partial charge on any atom is 0.293 e. The molecule has 1 saturated heterocycles. The van der Waals surface area contributed by atoms with Gasteiger partial charge in [-0.25, -0.2) is 0 Å². The molecule has 8 nitrogen and oxygen atoms in total. The largest absolute Gasteiger partial charge is 0.365 e. The number of Topliss-reactive ketones (excluding diaryl/α,β-unsaturated/α-hetero) is 1. The second-order valence-corrected chi connectivity index (χ2v) is 6.86. The van der Waals surface area contributed by atoms with E-state index in [0.29, 0.717) is 37.4 Å².